The predicted octanol–water partition coefficient (Wildman–Crippen LogP) is 5.52. The molecule has 2 heterocycles. The van der Waals surface area contributed by atoms with Gasteiger partial charge in [0.05, 0.1) is 21.7 Å². The molecule has 1 aliphatic rings. The van der Waals surface area contributed by atoms with Crippen LogP contribution in [0.4, 0.5) is 18.9 Å². The van der Waals surface area contributed by atoms with Crippen molar-refractivity contribution in [2.75, 3.05) is 31.2 Å². The van der Waals surface area contributed by atoms with Crippen LogP contribution in [0.1, 0.15) is 31.2 Å². The summed E-state index contributed by atoms with van der Waals surface area (Å²) in [6, 6.07) is 12.0. The fourth-order valence-electron chi connectivity index (χ4n) is 4.46. The van der Waals surface area contributed by atoms with Crippen LogP contribution < -0.4 is 10.6 Å². The Hall–Kier alpha value is -2.65. The Morgan fingerprint density at radius 2 is 1.94 bits per heavy atom. The van der Waals surface area contributed by atoms with Gasteiger partial charge in [-0.3, -0.25) is 0 Å². The van der Waals surface area contributed by atoms with E-state index < -0.39 is 21.6 Å². The molecule has 0 aliphatic carbocycles. The summed E-state index contributed by atoms with van der Waals surface area (Å²) < 4.78 is 65.4. The Balaban J connectivity index is 1.67. The van der Waals surface area contributed by atoms with E-state index in [4.69, 9.17) is 0 Å². The van der Waals surface area contributed by atoms with Gasteiger partial charge in [-0.15, -0.1) is 0 Å². The molecule has 1 aromatic heterocycles. The van der Waals surface area contributed by atoms with Crippen molar-refractivity contribution in [1.82, 2.24) is 10.3 Å². The number of hydrogen-bond donors (Lipinski definition) is 2. The van der Waals surface area contributed by atoms with Crippen molar-refractivity contribution in [3.8, 4) is 11.3 Å². The third-order valence-corrected chi connectivity index (χ3v) is 7.33. The number of piperidine rings is 1. The van der Waals surface area contributed by atoms with Crippen molar-refractivity contribution in [3.63, 3.8) is 0 Å². The van der Waals surface area contributed by atoms with E-state index in [0.29, 0.717) is 29.7 Å². The number of halogens is 3. The summed E-state index contributed by atoms with van der Waals surface area (Å²) in [5.41, 5.74) is 0.253. The fraction of sp³-hybridized carbons (Fsp3) is 0.400. The number of benzene rings is 2. The second kappa shape index (κ2) is 9.92. The summed E-state index contributed by atoms with van der Waals surface area (Å²) in [4.78, 5) is 4.10. The van der Waals surface area contributed by atoms with Crippen molar-refractivity contribution < 1.29 is 21.6 Å². The molecular formula is C25H28F3N3O2S. The van der Waals surface area contributed by atoms with Gasteiger partial charge in [0.25, 0.3) is 0 Å². The molecule has 0 radical (unpaired) electrons. The summed E-state index contributed by atoms with van der Waals surface area (Å²) in [7, 11) is -3.79. The summed E-state index contributed by atoms with van der Waals surface area (Å²) in [5, 5.41) is 7.64. The zero-order chi connectivity index (χ0) is 24.3. The van der Waals surface area contributed by atoms with E-state index in [1.807, 2.05) is 12.1 Å². The zero-order valence-electron chi connectivity index (χ0n) is 19.0. The summed E-state index contributed by atoms with van der Waals surface area (Å²) >= 11 is 0. The zero-order valence-corrected chi connectivity index (χ0v) is 19.8. The maximum Gasteiger partial charge on any atom is 0.417 e. The molecule has 0 saturated carbocycles. The Morgan fingerprint density at radius 1 is 1.15 bits per heavy atom. The Bertz CT molecular complexity index is 1270. The van der Waals surface area contributed by atoms with Crippen LogP contribution in [0.2, 0.25) is 0 Å². The highest BCUT2D eigenvalue weighted by molar-refractivity contribution is 7.90. The molecule has 2 N–H and O–H groups in total. The Morgan fingerprint density at radius 3 is 2.65 bits per heavy atom. The van der Waals surface area contributed by atoms with Crippen LogP contribution in [0.5, 0.6) is 0 Å². The standard InChI is InChI=1S/C25H28F3N3O2S/c1-34(32,33)18-10-11-19(21(14-18)25(26,27)28)24-15-23(20-8-2-3-9-22(20)31-24)30-13-5-7-17-6-4-12-29-16-17/h2-3,8-11,14-15,17,29H,4-7,12-13,16H2,1H3,(H,30,31). The SMILES string of the molecule is CS(=O)(=O)c1ccc(-c2cc(NCCCC3CCCNC3)c3ccccc3n2)c(C(F)(F)F)c1. The first-order valence-corrected chi connectivity index (χ1v) is 13.3. The number of fused-ring (bicyclic) bond motifs is 1. The van der Waals surface area contributed by atoms with Crippen molar-refractivity contribution in [2.24, 2.45) is 5.92 Å². The van der Waals surface area contributed by atoms with Crippen LogP contribution in [0, 0.1) is 5.92 Å². The molecule has 3 aromatic rings. The first-order chi connectivity index (χ1) is 16.1. The Kier molecular flexibility index (Phi) is 7.14. The maximum atomic E-state index is 13.9. The number of alkyl halides is 3. The minimum Gasteiger partial charge on any atom is -0.384 e. The molecule has 2 aromatic carbocycles. The number of hydrogen-bond acceptors (Lipinski definition) is 5. The van der Waals surface area contributed by atoms with E-state index in [-0.39, 0.29) is 16.2 Å². The van der Waals surface area contributed by atoms with Crippen LogP contribution in [-0.2, 0) is 16.0 Å². The van der Waals surface area contributed by atoms with E-state index in [9.17, 15) is 21.6 Å². The average molecular weight is 492 g/mol. The number of nitrogens with zero attached hydrogens (tertiary/aromatic N) is 1. The quantitative estimate of drug-likeness (QED) is 0.426. The van der Waals surface area contributed by atoms with Gasteiger partial charge in [0.1, 0.15) is 0 Å². The van der Waals surface area contributed by atoms with Gasteiger partial charge in [0, 0.05) is 29.4 Å². The minimum atomic E-state index is -4.73. The van der Waals surface area contributed by atoms with Gasteiger partial charge in [-0.2, -0.15) is 13.2 Å². The molecule has 5 nitrogen and oxygen atoms in total. The smallest absolute Gasteiger partial charge is 0.384 e. The van der Waals surface area contributed by atoms with Crippen molar-refractivity contribution >= 4 is 26.4 Å². The Labute approximate surface area is 197 Å². The third kappa shape index (κ3) is 5.70. The molecule has 1 saturated heterocycles. The predicted molar refractivity (Wildman–Crippen MR) is 129 cm³/mol. The molecule has 9 heteroatoms. The molecule has 1 fully saturated rings. The number of rotatable bonds is 7. The number of sulfone groups is 1. The number of anilines is 1. The lowest BCUT2D eigenvalue weighted by Gasteiger charge is -2.22. The number of para-hydroxylation sites is 1. The van der Waals surface area contributed by atoms with Crippen LogP contribution in [-0.4, -0.2) is 39.3 Å². The van der Waals surface area contributed by atoms with Gasteiger partial charge in [0.15, 0.2) is 9.84 Å². The van der Waals surface area contributed by atoms with Gasteiger partial charge >= 0.3 is 6.18 Å². The lowest BCUT2D eigenvalue weighted by molar-refractivity contribution is -0.137. The summed E-state index contributed by atoms with van der Waals surface area (Å²) in [6.45, 7) is 2.81. The van der Waals surface area contributed by atoms with E-state index in [1.165, 1.54) is 25.0 Å². The lowest BCUT2D eigenvalue weighted by atomic mass is 9.95. The normalized spacial score (nSPS) is 17.1. The molecule has 0 amide bonds. The molecule has 0 bridgehead atoms. The second-order valence-corrected chi connectivity index (χ2v) is 10.8. The van der Waals surface area contributed by atoms with Gasteiger partial charge in [-0.25, -0.2) is 13.4 Å². The number of pyridine rings is 1. The second-order valence-electron chi connectivity index (χ2n) is 8.83. The topological polar surface area (TPSA) is 71.1 Å². The van der Waals surface area contributed by atoms with Gasteiger partial charge in [0.2, 0.25) is 0 Å². The monoisotopic (exact) mass is 491 g/mol. The lowest BCUT2D eigenvalue weighted by Crippen LogP contribution is -2.29. The molecule has 34 heavy (non-hydrogen) atoms. The highest BCUT2D eigenvalue weighted by Gasteiger charge is 2.35. The van der Waals surface area contributed by atoms with Crippen molar-refractivity contribution in [2.45, 2.75) is 36.8 Å². The van der Waals surface area contributed by atoms with E-state index in [2.05, 4.69) is 15.6 Å². The van der Waals surface area contributed by atoms with Crippen LogP contribution >= 0.6 is 0 Å². The molecular weight excluding hydrogens is 463 g/mol. The van der Waals surface area contributed by atoms with E-state index >= 15 is 0 Å². The van der Waals surface area contributed by atoms with Crippen LogP contribution in [0.25, 0.3) is 22.2 Å². The largest absolute Gasteiger partial charge is 0.417 e. The molecule has 1 aliphatic heterocycles. The summed E-state index contributed by atoms with van der Waals surface area (Å²) in [5.74, 6) is 0.656. The average Bonchev–Trinajstić information content (AvgIpc) is 2.80. The first-order valence-electron chi connectivity index (χ1n) is 11.4. The van der Waals surface area contributed by atoms with Crippen LogP contribution in [0.15, 0.2) is 53.4 Å². The molecule has 0 spiro atoms. The summed E-state index contributed by atoms with van der Waals surface area (Å²) in [6.07, 6.45) is 0.609. The first kappa shape index (κ1) is 24.5. The van der Waals surface area contributed by atoms with Crippen LogP contribution in [0.3, 0.4) is 0 Å². The number of nitrogens with one attached hydrogen (secondary N) is 2. The van der Waals surface area contributed by atoms with E-state index in [1.54, 1.807) is 18.2 Å². The van der Waals surface area contributed by atoms with Gasteiger partial charge < -0.3 is 10.6 Å². The van der Waals surface area contributed by atoms with E-state index in [0.717, 1.165) is 37.6 Å². The molecule has 182 valence electrons. The van der Waals surface area contributed by atoms with Crippen molar-refractivity contribution in [3.05, 3.63) is 54.1 Å². The highest BCUT2D eigenvalue weighted by atomic mass is 32.2. The minimum absolute atomic E-state index is 0.144. The fourth-order valence-corrected chi connectivity index (χ4v) is 5.10. The van der Waals surface area contributed by atoms with Crippen molar-refractivity contribution in [1.29, 1.82) is 0 Å². The number of aromatic nitrogens is 1. The molecule has 1 atom stereocenters. The van der Waals surface area contributed by atoms with Gasteiger partial charge in [-0.05, 0) is 69.0 Å². The maximum absolute atomic E-state index is 13.9. The highest BCUT2D eigenvalue weighted by Crippen LogP contribution is 2.39. The van der Waals surface area contributed by atoms with Gasteiger partial charge in [-0.1, -0.05) is 24.3 Å². The molecule has 4 rings (SSSR count). The third-order valence-electron chi connectivity index (χ3n) is 6.22. The molecule has 1 unspecified atom stereocenters.